The number of para-hydroxylation sites is 1. The second-order valence-electron chi connectivity index (χ2n) is 2.91. The lowest BCUT2D eigenvalue weighted by molar-refractivity contribution is 0.159. The van der Waals surface area contributed by atoms with Crippen LogP contribution < -0.4 is 9.44 Å². The average Bonchev–Trinajstić information content (AvgIpc) is 2.20. The predicted molar refractivity (Wildman–Crippen MR) is 71.9 cm³/mol. The Bertz CT molecular complexity index is 503. The van der Waals surface area contributed by atoms with Crippen molar-refractivity contribution in [1.82, 2.24) is 4.72 Å². The van der Waals surface area contributed by atoms with Crippen LogP contribution in [0.2, 0.25) is 0 Å². The van der Waals surface area contributed by atoms with E-state index in [0.29, 0.717) is 5.69 Å². The van der Waals surface area contributed by atoms with Gasteiger partial charge in [0.1, 0.15) is 0 Å². The molecule has 6 nitrogen and oxygen atoms in total. The fourth-order valence-electron chi connectivity index (χ4n) is 0.985. The van der Waals surface area contributed by atoms with E-state index < -0.39 is 16.3 Å². The summed E-state index contributed by atoms with van der Waals surface area (Å²) in [6.07, 6.45) is -1.01. The first kappa shape index (κ1) is 14.0. The second kappa shape index (κ2) is 6.05. The van der Waals surface area contributed by atoms with Gasteiger partial charge < -0.3 is 4.74 Å². The smallest absolute Gasteiger partial charge is 0.422 e. The molecule has 17 heavy (non-hydrogen) atoms. The van der Waals surface area contributed by atoms with Crippen molar-refractivity contribution in [2.24, 2.45) is 0 Å². The van der Waals surface area contributed by atoms with Crippen LogP contribution in [0.1, 0.15) is 6.92 Å². The Kier molecular flexibility index (Phi) is 5.00. The molecule has 1 rings (SSSR count). The van der Waals surface area contributed by atoms with Crippen LogP contribution in [-0.2, 0) is 14.9 Å². The summed E-state index contributed by atoms with van der Waals surface area (Å²) in [6.45, 7) is 1.68. The molecule has 0 bridgehead atoms. The first-order chi connectivity index (χ1) is 7.94. The van der Waals surface area contributed by atoms with Gasteiger partial charge in [-0.25, -0.2) is 9.52 Å². The molecule has 0 heterocycles. The van der Waals surface area contributed by atoms with Crippen molar-refractivity contribution in [3.05, 3.63) is 27.8 Å². The number of carbonyl (C=O) groups is 1. The third-order valence-electron chi connectivity index (χ3n) is 1.61. The number of halogens is 1. The minimum atomic E-state index is -3.96. The van der Waals surface area contributed by atoms with Crippen molar-refractivity contribution >= 4 is 44.6 Å². The van der Waals surface area contributed by atoms with Gasteiger partial charge in [-0.1, -0.05) is 12.1 Å². The van der Waals surface area contributed by atoms with Crippen molar-refractivity contribution in [3.8, 4) is 0 Å². The Morgan fingerprint density at radius 3 is 2.65 bits per heavy atom. The molecular formula is C9H11IN2O4S. The quantitative estimate of drug-likeness (QED) is 0.791. The topological polar surface area (TPSA) is 84.5 Å². The van der Waals surface area contributed by atoms with Crippen LogP contribution in [0.4, 0.5) is 10.5 Å². The molecule has 1 aromatic carbocycles. The molecule has 1 aromatic rings. The summed E-state index contributed by atoms with van der Waals surface area (Å²) in [5, 5.41) is 0. The van der Waals surface area contributed by atoms with Crippen LogP contribution in [0, 0.1) is 3.57 Å². The number of benzene rings is 1. The van der Waals surface area contributed by atoms with Gasteiger partial charge in [-0.2, -0.15) is 8.42 Å². The van der Waals surface area contributed by atoms with Gasteiger partial charge in [0.15, 0.2) is 0 Å². The maximum atomic E-state index is 11.5. The molecule has 0 aromatic heterocycles. The van der Waals surface area contributed by atoms with Crippen LogP contribution >= 0.6 is 22.6 Å². The molecule has 0 radical (unpaired) electrons. The fraction of sp³-hybridized carbons (Fsp3) is 0.222. The van der Waals surface area contributed by atoms with E-state index in [1.54, 1.807) is 35.9 Å². The number of rotatable bonds is 4. The van der Waals surface area contributed by atoms with Crippen molar-refractivity contribution in [3.63, 3.8) is 0 Å². The van der Waals surface area contributed by atoms with E-state index in [1.165, 1.54) is 0 Å². The number of anilines is 1. The van der Waals surface area contributed by atoms with Gasteiger partial charge in [-0.3, -0.25) is 4.72 Å². The van der Waals surface area contributed by atoms with E-state index in [-0.39, 0.29) is 6.61 Å². The number of ether oxygens (including phenoxy) is 1. The van der Waals surface area contributed by atoms with Crippen LogP contribution in [0.5, 0.6) is 0 Å². The highest BCUT2D eigenvalue weighted by Crippen LogP contribution is 2.17. The van der Waals surface area contributed by atoms with Crippen LogP contribution in [0.25, 0.3) is 0 Å². The molecule has 94 valence electrons. The largest absolute Gasteiger partial charge is 0.449 e. The standard InChI is InChI=1S/C9H11IN2O4S/c1-2-16-9(13)12-17(14,15)11-8-6-4-3-5-7(8)10/h3-6,11H,2H2,1H3,(H,12,13). The monoisotopic (exact) mass is 370 g/mol. The first-order valence-electron chi connectivity index (χ1n) is 4.66. The lowest BCUT2D eigenvalue weighted by atomic mass is 10.3. The molecule has 0 aliphatic heterocycles. The Balaban J connectivity index is 2.74. The zero-order valence-corrected chi connectivity index (χ0v) is 11.9. The van der Waals surface area contributed by atoms with E-state index in [2.05, 4.69) is 9.46 Å². The van der Waals surface area contributed by atoms with E-state index in [9.17, 15) is 13.2 Å². The molecule has 1 amide bonds. The molecule has 0 unspecified atom stereocenters. The maximum Gasteiger partial charge on any atom is 0.422 e. The summed E-state index contributed by atoms with van der Waals surface area (Å²) >= 11 is 1.98. The van der Waals surface area contributed by atoms with Gasteiger partial charge in [0.05, 0.1) is 12.3 Å². The third-order valence-corrected chi connectivity index (χ3v) is 3.48. The molecule has 0 aliphatic rings. The zero-order valence-electron chi connectivity index (χ0n) is 8.94. The summed E-state index contributed by atoms with van der Waals surface area (Å²) in [4.78, 5) is 11.0. The summed E-state index contributed by atoms with van der Waals surface area (Å²) in [7, 11) is -3.96. The molecule has 0 spiro atoms. The summed E-state index contributed by atoms with van der Waals surface area (Å²) < 4.78 is 32.2. The van der Waals surface area contributed by atoms with Crippen molar-refractivity contribution in [2.75, 3.05) is 11.3 Å². The van der Waals surface area contributed by atoms with E-state index in [4.69, 9.17) is 0 Å². The Hall–Kier alpha value is -1.03. The summed E-state index contributed by atoms with van der Waals surface area (Å²) in [5.74, 6) is 0. The van der Waals surface area contributed by atoms with Gasteiger partial charge >= 0.3 is 16.3 Å². The normalized spacial score (nSPS) is 10.7. The van der Waals surface area contributed by atoms with E-state index >= 15 is 0 Å². The number of hydrogen-bond acceptors (Lipinski definition) is 4. The summed E-state index contributed by atoms with van der Waals surface area (Å²) in [6, 6.07) is 6.79. The third kappa shape index (κ3) is 4.77. The lowest BCUT2D eigenvalue weighted by Gasteiger charge is -2.10. The molecule has 2 N–H and O–H groups in total. The Labute approximate surface area is 113 Å². The molecule has 0 saturated carbocycles. The highest BCUT2D eigenvalue weighted by atomic mass is 127. The Morgan fingerprint density at radius 2 is 2.06 bits per heavy atom. The summed E-state index contributed by atoms with van der Waals surface area (Å²) in [5.41, 5.74) is 0.393. The van der Waals surface area contributed by atoms with Gasteiger partial charge in [0.2, 0.25) is 0 Å². The van der Waals surface area contributed by atoms with Crippen molar-refractivity contribution in [1.29, 1.82) is 0 Å². The molecule has 0 atom stereocenters. The SMILES string of the molecule is CCOC(=O)NS(=O)(=O)Nc1ccccc1I. The van der Waals surface area contributed by atoms with Crippen LogP contribution in [-0.4, -0.2) is 21.1 Å². The zero-order chi connectivity index (χ0) is 12.9. The second-order valence-corrected chi connectivity index (χ2v) is 5.49. The van der Waals surface area contributed by atoms with Gasteiger partial charge in [0, 0.05) is 3.57 Å². The van der Waals surface area contributed by atoms with Crippen LogP contribution in [0.15, 0.2) is 24.3 Å². The van der Waals surface area contributed by atoms with Gasteiger partial charge in [-0.15, -0.1) is 0 Å². The van der Waals surface area contributed by atoms with Gasteiger partial charge in [-0.05, 0) is 41.6 Å². The maximum absolute atomic E-state index is 11.5. The van der Waals surface area contributed by atoms with Crippen LogP contribution in [0.3, 0.4) is 0 Å². The highest BCUT2D eigenvalue weighted by molar-refractivity contribution is 14.1. The Morgan fingerprint density at radius 1 is 1.41 bits per heavy atom. The molecule has 0 aliphatic carbocycles. The minimum Gasteiger partial charge on any atom is -0.449 e. The van der Waals surface area contributed by atoms with E-state index in [0.717, 1.165) is 3.57 Å². The number of hydrogen-bond donors (Lipinski definition) is 2. The predicted octanol–water partition coefficient (Wildman–Crippen LogP) is 1.69. The number of amides is 1. The lowest BCUT2D eigenvalue weighted by Crippen LogP contribution is -2.35. The highest BCUT2D eigenvalue weighted by Gasteiger charge is 2.15. The molecule has 0 saturated heterocycles. The number of carbonyl (C=O) groups excluding carboxylic acids is 1. The first-order valence-corrected chi connectivity index (χ1v) is 7.22. The number of nitrogens with one attached hydrogen (secondary N) is 2. The van der Waals surface area contributed by atoms with E-state index in [1.807, 2.05) is 22.6 Å². The average molecular weight is 370 g/mol. The minimum absolute atomic E-state index is 0.101. The molecule has 0 fully saturated rings. The van der Waals surface area contributed by atoms with Crippen molar-refractivity contribution in [2.45, 2.75) is 6.92 Å². The molecular weight excluding hydrogens is 359 g/mol. The molecule has 8 heteroatoms. The fourth-order valence-corrected chi connectivity index (χ4v) is 2.49. The van der Waals surface area contributed by atoms with Crippen molar-refractivity contribution < 1.29 is 17.9 Å². The van der Waals surface area contributed by atoms with Gasteiger partial charge in [0.25, 0.3) is 0 Å².